The maximum absolute atomic E-state index is 12.2. The van der Waals surface area contributed by atoms with Crippen LogP contribution in [0, 0.1) is 0 Å². The van der Waals surface area contributed by atoms with Gasteiger partial charge in [-0.1, -0.05) is 13.3 Å². The first kappa shape index (κ1) is 22.4. The molecule has 0 aromatic heterocycles. The summed E-state index contributed by atoms with van der Waals surface area (Å²) in [5.74, 6) is -3.45. The Morgan fingerprint density at radius 1 is 1.11 bits per heavy atom. The third kappa shape index (κ3) is 8.06. The first-order valence-electron chi connectivity index (χ1n) is 8.66. The van der Waals surface area contributed by atoms with Crippen molar-refractivity contribution in [2.75, 3.05) is 6.61 Å². The van der Waals surface area contributed by atoms with Crippen molar-refractivity contribution in [2.24, 2.45) is 0 Å². The molecule has 152 valence electrons. The van der Waals surface area contributed by atoms with Crippen molar-refractivity contribution in [3.63, 3.8) is 0 Å². The number of amides is 2. The van der Waals surface area contributed by atoms with Crippen LogP contribution < -0.4 is 0 Å². The Labute approximate surface area is 157 Å². The highest BCUT2D eigenvalue weighted by Gasteiger charge is 2.37. The number of imide groups is 1. The molecule has 0 N–H and O–H groups in total. The zero-order valence-electron chi connectivity index (χ0n) is 15.9. The summed E-state index contributed by atoms with van der Waals surface area (Å²) in [6.07, 6.45) is -2.33. The summed E-state index contributed by atoms with van der Waals surface area (Å²) in [7, 11) is 0. The molecule has 0 aliphatic carbocycles. The third-order valence-corrected chi connectivity index (χ3v) is 3.19. The van der Waals surface area contributed by atoms with Crippen molar-refractivity contribution in [3.8, 4) is 0 Å². The molecule has 10 nitrogen and oxygen atoms in total. The summed E-state index contributed by atoms with van der Waals surface area (Å²) >= 11 is 0. The molecule has 0 spiro atoms. The number of rotatable bonds is 8. The smallest absolute Gasteiger partial charge is 0.466 e. The molecule has 1 fully saturated rings. The molecule has 0 aromatic carbocycles. The number of esters is 1. The van der Waals surface area contributed by atoms with Crippen LogP contribution in [0.4, 0.5) is 4.79 Å². The molecule has 27 heavy (non-hydrogen) atoms. The van der Waals surface area contributed by atoms with Gasteiger partial charge in [0.25, 0.3) is 11.8 Å². The van der Waals surface area contributed by atoms with E-state index in [9.17, 15) is 24.0 Å². The topological polar surface area (TPSA) is 126 Å². The Morgan fingerprint density at radius 3 is 2.22 bits per heavy atom. The van der Waals surface area contributed by atoms with Crippen molar-refractivity contribution >= 4 is 29.9 Å². The number of ether oxygens (including phenoxy) is 3. The fourth-order valence-corrected chi connectivity index (χ4v) is 1.91. The Kier molecular flexibility index (Phi) is 8.20. The van der Waals surface area contributed by atoms with Crippen LogP contribution in [0.3, 0.4) is 0 Å². The summed E-state index contributed by atoms with van der Waals surface area (Å²) in [6, 6.07) is 0. The zero-order valence-corrected chi connectivity index (χ0v) is 15.9. The number of hydrogen-bond acceptors (Lipinski definition) is 9. The van der Waals surface area contributed by atoms with Gasteiger partial charge >= 0.3 is 18.1 Å². The van der Waals surface area contributed by atoms with Gasteiger partial charge in [0.2, 0.25) is 6.10 Å². The first-order valence-corrected chi connectivity index (χ1v) is 8.66. The quantitative estimate of drug-likeness (QED) is 0.347. The fourth-order valence-electron chi connectivity index (χ4n) is 1.91. The average molecular weight is 387 g/mol. The maximum atomic E-state index is 12.2. The third-order valence-electron chi connectivity index (χ3n) is 3.19. The van der Waals surface area contributed by atoms with Gasteiger partial charge in [-0.05, 0) is 27.2 Å². The normalized spacial score (nSPS) is 15.3. The second-order valence-corrected chi connectivity index (χ2v) is 6.84. The number of carbonyl (C=O) groups is 5. The Hall–Kier alpha value is -2.65. The van der Waals surface area contributed by atoms with Gasteiger partial charge in [-0.25, -0.2) is 9.59 Å². The lowest BCUT2D eigenvalue weighted by atomic mass is 10.2. The van der Waals surface area contributed by atoms with Crippen LogP contribution in [-0.2, 0) is 38.2 Å². The molecule has 0 saturated carbocycles. The second kappa shape index (κ2) is 9.89. The molecule has 0 radical (unpaired) electrons. The molecule has 0 bridgehead atoms. The molecular formula is C17H25NO9. The van der Waals surface area contributed by atoms with Crippen molar-refractivity contribution in [3.05, 3.63) is 0 Å². The molecule has 10 heteroatoms. The number of carbonyl (C=O) groups excluding carboxylic acids is 5. The number of nitrogens with zero attached hydrogens (tertiary/aromatic N) is 1. The van der Waals surface area contributed by atoms with E-state index < -0.39 is 48.0 Å². The number of unbranched alkanes of at least 4 members (excludes halogenated alkanes) is 1. The van der Waals surface area contributed by atoms with Gasteiger partial charge in [0.05, 0.1) is 13.0 Å². The van der Waals surface area contributed by atoms with Crippen molar-refractivity contribution in [1.82, 2.24) is 5.06 Å². The Balaban J connectivity index is 2.77. The van der Waals surface area contributed by atoms with Crippen LogP contribution in [0.5, 0.6) is 0 Å². The highest BCUT2D eigenvalue weighted by atomic mass is 16.8. The van der Waals surface area contributed by atoms with E-state index in [4.69, 9.17) is 19.0 Å². The maximum Gasteiger partial charge on any atom is 0.509 e. The molecule has 0 aromatic rings. The summed E-state index contributed by atoms with van der Waals surface area (Å²) in [5, 5.41) is 0.302. The Morgan fingerprint density at radius 2 is 1.70 bits per heavy atom. The molecule has 0 unspecified atom stereocenters. The highest BCUT2D eigenvalue weighted by Crippen LogP contribution is 2.16. The highest BCUT2D eigenvalue weighted by molar-refractivity contribution is 6.01. The molecule has 1 heterocycles. The number of hydrogen-bond donors (Lipinski definition) is 0. The SMILES string of the molecule is CCCCOC(=O)C[C@H](OC(=O)OC(C)(C)C)C(=O)ON1C(=O)CCC1=O. The van der Waals surface area contributed by atoms with Crippen LogP contribution in [0.2, 0.25) is 0 Å². The molecule has 2 amide bonds. The summed E-state index contributed by atoms with van der Waals surface area (Å²) in [6.45, 7) is 6.81. The van der Waals surface area contributed by atoms with E-state index in [-0.39, 0.29) is 19.4 Å². The fraction of sp³-hybridized carbons (Fsp3) is 0.706. The van der Waals surface area contributed by atoms with Gasteiger partial charge < -0.3 is 19.0 Å². The van der Waals surface area contributed by atoms with E-state index in [1.54, 1.807) is 20.8 Å². The molecular weight excluding hydrogens is 362 g/mol. The van der Waals surface area contributed by atoms with Crippen LogP contribution in [-0.4, -0.2) is 53.3 Å². The van der Waals surface area contributed by atoms with Crippen molar-refractivity contribution in [2.45, 2.75) is 71.5 Å². The van der Waals surface area contributed by atoms with Gasteiger partial charge in [-0.15, -0.1) is 5.06 Å². The van der Waals surface area contributed by atoms with Gasteiger partial charge in [0.1, 0.15) is 5.60 Å². The first-order chi connectivity index (χ1) is 12.5. The molecule has 1 aliphatic rings. The minimum absolute atomic E-state index is 0.0945. The zero-order chi connectivity index (χ0) is 20.6. The molecule has 1 saturated heterocycles. The minimum atomic E-state index is -1.73. The minimum Gasteiger partial charge on any atom is -0.466 e. The van der Waals surface area contributed by atoms with Crippen LogP contribution >= 0.6 is 0 Å². The van der Waals surface area contributed by atoms with Crippen molar-refractivity contribution in [1.29, 1.82) is 0 Å². The lowest BCUT2D eigenvalue weighted by Gasteiger charge is -2.22. The van der Waals surface area contributed by atoms with Gasteiger partial charge in [0.15, 0.2) is 0 Å². The van der Waals surface area contributed by atoms with E-state index in [0.717, 1.165) is 6.42 Å². The number of hydroxylamine groups is 2. The molecule has 1 atom stereocenters. The standard InChI is InChI=1S/C17H25NO9/c1-5-6-9-24-14(21)10-11(25-16(23)26-17(2,3)4)15(22)27-18-12(19)7-8-13(18)20/h11H,5-10H2,1-4H3/t11-/m0/s1. The summed E-state index contributed by atoms with van der Waals surface area (Å²) in [5.41, 5.74) is -0.895. The van der Waals surface area contributed by atoms with E-state index >= 15 is 0 Å². The average Bonchev–Trinajstić information content (AvgIpc) is 2.84. The van der Waals surface area contributed by atoms with Crippen molar-refractivity contribution < 1.29 is 43.0 Å². The largest absolute Gasteiger partial charge is 0.509 e. The second-order valence-electron chi connectivity index (χ2n) is 6.84. The van der Waals surface area contributed by atoms with E-state index in [1.165, 1.54) is 0 Å². The monoisotopic (exact) mass is 387 g/mol. The lowest BCUT2D eigenvalue weighted by Crippen LogP contribution is -2.40. The van der Waals surface area contributed by atoms with Crippen LogP contribution in [0.15, 0.2) is 0 Å². The molecule has 1 aliphatic heterocycles. The van der Waals surface area contributed by atoms with Crippen LogP contribution in [0.25, 0.3) is 0 Å². The predicted molar refractivity (Wildman–Crippen MR) is 88.8 cm³/mol. The van der Waals surface area contributed by atoms with Crippen LogP contribution in [0.1, 0.15) is 59.8 Å². The van der Waals surface area contributed by atoms with Gasteiger partial charge in [-0.2, -0.15) is 0 Å². The van der Waals surface area contributed by atoms with E-state index in [1.807, 2.05) is 6.92 Å². The lowest BCUT2D eigenvalue weighted by molar-refractivity contribution is -0.204. The Bertz CT molecular complexity index is 578. The van der Waals surface area contributed by atoms with E-state index in [0.29, 0.717) is 11.5 Å². The predicted octanol–water partition coefficient (Wildman–Crippen LogP) is 1.65. The van der Waals surface area contributed by atoms with E-state index in [2.05, 4.69) is 0 Å². The summed E-state index contributed by atoms with van der Waals surface area (Å²) in [4.78, 5) is 63.7. The molecule has 1 rings (SSSR count). The van der Waals surface area contributed by atoms with Gasteiger partial charge in [-0.3, -0.25) is 14.4 Å². The summed E-state index contributed by atoms with van der Waals surface area (Å²) < 4.78 is 14.7. The van der Waals surface area contributed by atoms with Gasteiger partial charge in [0, 0.05) is 12.8 Å².